The molecule has 0 aromatic heterocycles. The quantitative estimate of drug-likeness (QED) is 0.0519. The zero-order valence-corrected chi connectivity index (χ0v) is 26.8. The smallest absolute Gasteiger partial charge is 0.303 e. The number of esters is 1. The summed E-state index contributed by atoms with van der Waals surface area (Å²) in [6.45, 7) is 1.95. The van der Waals surface area contributed by atoms with Gasteiger partial charge in [-0.1, -0.05) is 43.6 Å². The molecule has 2 aliphatic rings. The molecular formula is C32H54O14. The molecule has 2 fully saturated rings. The molecule has 2 aliphatic heterocycles. The van der Waals surface area contributed by atoms with Crippen molar-refractivity contribution in [3.63, 3.8) is 0 Å². The van der Waals surface area contributed by atoms with Crippen molar-refractivity contribution in [2.45, 2.75) is 152 Å². The average molecular weight is 663 g/mol. The summed E-state index contributed by atoms with van der Waals surface area (Å²) in [5, 5.41) is 70.4. The van der Waals surface area contributed by atoms with E-state index in [9.17, 15) is 40.2 Å². The van der Waals surface area contributed by atoms with E-state index in [2.05, 4.69) is 24.3 Å². The number of rotatable bonds is 21. The van der Waals surface area contributed by atoms with Crippen molar-refractivity contribution in [3.8, 4) is 0 Å². The highest BCUT2D eigenvalue weighted by Crippen LogP contribution is 2.31. The first-order valence-corrected chi connectivity index (χ1v) is 16.2. The highest BCUT2D eigenvalue weighted by molar-refractivity contribution is 5.66. The second-order valence-electron chi connectivity index (χ2n) is 11.9. The second-order valence-corrected chi connectivity index (χ2v) is 11.9. The first-order chi connectivity index (χ1) is 22.0. The van der Waals surface area contributed by atoms with Gasteiger partial charge >= 0.3 is 11.9 Å². The normalized spacial score (nSPS) is 32.6. The number of carboxylic acid groups (broad SMARTS) is 1. The number of hydrogen-bond donors (Lipinski definition) is 7. The molecule has 0 radical (unpaired) electrons. The summed E-state index contributed by atoms with van der Waals surface area (Å²) >= 11 is 0. The number of unbranched alkanes of at least 4 members (excludes halogenated alkanes) is 6. The first kappa shape index (κ1) is 40.2. The van der Waals surface area contributed by atoms with Crippen LogP contribution in [-0.2, 0) is 33.3 Å². The molecule has 14 nitrogen and oxygen atoms in total. The minimum Gasteiger partial charge on any atom is -0.481 e. The molecule has 11 unspecified atom stereocenters. The van der Waals surface area contributed by atoms with Crippen molar-refractivity contribution >= 4 is 11.9 Å². The van der Waals surface area contributed by atoms with Crippen LogP contribution < -0.4 is 0 Å². The molecule has 7 N–H and O–H groups in total. The number of aliphatic hydroxyl groups excluding tert-OH is 6. The van der Waals surface area contributed by atoms with Crippen molar-refractivity contribution in [3.05, 3.63) is 24.3 Å². The third kappa shape index (κ3) is 14.0. The van der Waals surface area contributed by atoms with Crippen LogP contribution in [0.4, 0.5) is 0 Å². The highest BCUT2D eigenvalue weighted by Gasteiger charge is 2.51. The Kier molecular flexibility index (Phi) is 19.1. The summed E-state index contributed by atoms with van der Waals surface area (Å²) < 4.78 is 28.0. The molecule has 0 aromatic carbocycles. The van der Waals surface area contributed by atoms with Gasteiger partial charge in [-0.2, -0.15) is 0 Å². The Morgan fingerprint density at radius 1 is 0.761 bits per heavy atom. The lowest BCUT2D eigenvalue weighted by molar-refractivity contribution is -0.371. The minimum atomic E-state index is -1.75. The molecule has 2 rings (SSSR count). The van der Waals surface area contributed by atoms with Gasteiger partial charge < -0.3 is 59.4 Å². The summed E-state index contributed by atoms with van der Waals surface area (Å²) in [5.41, 5.74) is 0. The average Bonchev–Trinajstić information content (AvgIpc) is 3.01. The van der Waals surface area contributed by atoms with Gasteiger partial charge in [-0.3, -0.25) is 9.59 Å². The van der Waals surface area contributed by atoms with E-state index in [1.54, 1.807) is 6.92 Å². The number of carbonyl (C=O) groups excluding carboxylic acids is 1. The molecule has 0 amide bonds. The van der Waals surface area contributed by atoms with Crippen LogP contribution in [0.5, 0.6) is 0 Å². The Morgan fingerprint density at radius 2 is 1.37 bits per heavy atom. The number of hydrogen-bond acceptors (Lipinski definition) is 13. The van der Waals surface area contributed by atoms with Crippen LogP contribution in [-0.4, -0.2) is 128 Å². The lowest BCUT2D eigenvalue weighted by atomic mass is 9.97. The van der Waals surface area contributed by atoms with Gasteiger partial charge in [0.2, 0.25) is 0 Å². The van der Waals surface area contributed by atoms with Crippen molar-refractivity contribution in [2.24, 2.45) is 0 Å². The Bertz CT molecular complexity index is 926. The predicted molar refractivity (Wildman–Crippen MR) is 163 cm³/mol. The summed E-state index contributed by atoms with van der Waals surface area (Å²) in [7, 11) is 0. The summed E-state index contributed by atoms with van der Waals surface area (Å²) in [6, 6.07) is 0. The van der Waals surface area contributed by atoms with E-state index >= 15 is 0 Å². The fourth-order valence-electron chi connectivity index (χ4n) is 5.23. The van der Waals surface area contributed by atoms with Crippen molar-refractivity contribution in [1.82, 2.24) is 0 Å². The van der Waals surface area contributed by atoms with Crippen LogP contribution in [0.25, 0.3) is 0 Å². The van der Waals surface area contributed by atoms with Crippen LogP contribution in [0, 0.1) is 0 Å². The van der Waals surface area contributed by atoms with Crippen LogP contribution in [0.2, 0.25) is 0 Å². The summed E-state index contributed by atoms with van der Waals surface area (Å²) in [5.74, 6) is -1.35. The van der Waals surface area contributed by atoms with Crippen molar-refractivity contribution < 1.29 is 69.0 Å². The van der Waals surface area contributed by atoms with Gasteiger partial charge in [0.1, 0.15) is 55.4 Å². The number of aliphatic carboxylic acids is 1. The van der Waals surface area contributed by atoms with E-state index in [4.69, 9.17) is 28.8 Å². The largest absolute Gasteiger partial charge is 0.481 e. The molecule has 14 heteroatoms. The maximum atomic E-state index is 11.3. The van der Waals surface area contributed by atoms with Gasteiger partial charge in [0.15, 0.2) is 12.6 Å². The zero-order chi connectivity index (χ0) is 34.1. The molecule has 2 saturated heterocycles. The number of carboxylic acids is 1. The molecule has 2 heterocycles. The van der Waals surface area contributed by atoms with Crippen LogP contribution >= 0.6 is 0 Å². The molecule has 0 bridgehead atoms. The van der Waals surface area contributed by atoms with E-state index in [-0.39, 0.29) is 13.0 Å². The SMILES string of the molecule is CC(=O)OCC1OC(OC(C)CCC/C=C/C/C=C\CCCCCCCC(=O)O)C(OC2OC(CO)C(O)C(O)C2O)C(O)C1O. The fraction of sp³-hybridized carbons (Fsp3) is 0.812. The Labute approximate surface area is 270 Å². The zero-order valence-electron chi connectivity index (χ0n) is 26.8. The number of allylic oxidation sites excluding steroid dienone is 4. The Hall–Kier alpha value is -1.98. The highest BCUT2D eigenvalue weighted by atomic mass is 16.8. The third-order valence-electron chi connectivity index (χ3n) is 7.95. The van der Waals surface area contributed by atoms with E-state index in [0.29, 0.717) is 6.42 Å². The first-order valence-electron chi connectivity index (χ1n) is 16.2. The molecule has 0 aromatic rings. The maximum absolute atomic E-state index is 11.3. The van der Waals surface area contributed by atoms with Crippen molar-refractivity contribution in [2.75, 3.05) is 13.2 Å². The Morgan fingerprint density at radius 3 is 2.02 bits per heavy atom. The standard InChI is InChI=1S/C32H54O14/c1-20(16-14-12-10-8-6-4-3-5-7-9-11-13-15-17-24(35)36)43-32-30(28(40)26(38)23(45-32)19-42-21(2)34)46-31-29(41)27(39)25(37)22(18-33)44-31/h3-4,8,10,20,22-23,25-33,37-41H,5-7,9,11-19H2,1-2H3,(H,35,36)/b4-3-,10-8+. The lowest BCUT2D eigenvalue weighted by Gasteiger charge is -2.46. The molecule has 0 saturated carbocycles. The van der Waals surface area contributed by atoms with Crippen molar-refractivity contribution in [1.29, 1.82) is 0 Å². The Balaban J connectivity index is 1.83. The van der Waals surface area contributed by atoms with E-state index in [0.717, 1.165) is 57.8 Å². The second kappa shape index (κ2) is 21.8. The monoisotopic (exact) mass is 662 g/mol. The van der Waals surface area contributed by atoms with Gasteiger partial charge in [0.25, 0.3) is 0 Å². The van der Waals surface area contributed by atoms with E-state index < -0.39 is 86.1 Å². The topological polar surface area (TPSA) is 222 Å². The van der Waals surface area contributed by atoms with Gasteiger partial charge in [-0.25, -0.2) is 0 Å². The van der Waals surface area contributed by atoms with E-state index in [1.165, 1.54) is 6.92 Å². The lowest BCUT2D eigenvalue weighted by Crippen LogP contribution is -2.65. The van der Waals surface area contributed by atoms with E-state index in [1.807, 2.05) is 0 Å². The molecule has 46 heavy (non-hydrogen) atoms. The van der Waals surface area contributed by atoms with Crippen LogP contribution in [0.1, 0.15) is 84.5 Å². The van der Waals surface area contributed by atoms with Gasteiger partial charge in [0, 0.05) is 13.3 Å². The van der Waals surface area contributed by atoms with Gasteiger partial charge in [-0.05, 0) is 51.9 Å². The third-order valence-corrected chi connectivity index (χ3v) is 7.95. The molecule has 266 valence electrons. The fourth-order valence-corrected chi connectivity index (χ4v) is 5.23. The van der Waals surface area contributed by atoms with Gasteiger partial charge in [0.05, 0.1) is 12.7 Å². The van der Waals surface area contributed by atoms with Crippen LogP contribution in [0.15, 0.2) is 24.3 Å². The molecular weight excluding hydrogens is 608 g/mol. The molecule has 0 spiro atoms. The number of carbonyl (C=O) groups is 2. The molecule has 11 atom stereocenters. The number of ether oxygens (including phenoxy) is 5. The number of aliphatic hydroxyl groups is 6. The molecule has 0 aliphatic carbocycles. The predicted octanol–water partition coefficient (Wildman–Crippen LogP) is 1.07. The van der Waals surface area contributed by atoms with Gasteiger partial charge in [-0.15, -0.1) is 0 Å². The summed E-state index contributed by atoms with van der Waals surface area (Å²) in [6.07, 6.45) is 2.20. The maximum Gasteiger partial charge on any atom is 0.303 e. The minimum absolute atomic E-state index is 0.242. The summed E-state index contributed by atoms with van der Waals surface area (Å²) in [4.78, 5) is 21.8. The van der Waals surface area contributed by atoms with Crippen LogP contribution in [0.3, 0.4) is 0 Å².